The molecule has 1 aromatic rings. The van der Waals surface area contributed by atoms with Crippen molar-refractivity contribution in [2.24, 2.45) is 0 Å². The van der Waals surface area contributed by atoms with Gasteiger partial charge in [-0.1, -0.05) is 15.9 Å². The van der Waals surface area contributed by atoms with Crippen molar-refractivity contribution in [1.82, 2.24) is 9.88 Å². The topological polar surface area (TPSA) is 103 Å². The van der Waals surface area contributed by atoms with Crippen LogP contribution >= 0.6 is 15.9 Å². The van der Waals surface area contributed by atoms with Crippen LogP contribution in [0.3, 0.4) is 0 Å². The molecule has 1 aromatic heterocycles. The first kappa shape index (κ1) is 13.6. The number of amides is 1. The third-order valence-electron chi connectivity index (χ3n) is 2.91. The van der Waals surface area contributed by atoms with Gasteiger partial charge in [0.15, 0.2) is 0 Å². The quantitative estimate of drug-likeness (QED) is 0.775. The molecule has 0 bridgehead atoms. The molecule has 102 valence electrons. The molecule has 1 saturated heterocycles. The number of rotatable bonds is 3. The Kier molecular flexibility index (Phi) is 3.89. The molecular weight excluding hydrogens is 318 g/mol. The molecule has 8 heteroatoms. The number of carboxylic acids is 1. The fourth-order valence-electron chi connectivity index (χ4n) is 2.08. The first-order valence-corrected chi connectivity index (χ1v) is 6.37. The maximum atomic E-state index is 11.0. The van der Waals surface area contributed by atoms with E-state index in [4.69, 9.17) is 10.2 Å². The van der Waals surface area contributed by atoms with Crippen LogP contribution in [-0.4, -0.2) is 50.8 Å². The molecule has 2 atom stereocenters. The summed E-state index contributed by atoms with van der Waals surface area (Å²) in [5.41, 5.74) is 0. The molecular formula is C11H12BrN3O4. The average molecular weight is 330 g/mol. The number of nitrogens with one attached hydrogen (secondary N) is 1. The standard InChI is InChI=1S/C11H12BrN3O4/c12-6-1-2-13-9(3-6)14-7-4-8(10(16)17)15(5-7)11(18)19/h1-3,7-8H,4-5H2,(H,13,14)(H,16,17)(H,18,19)/t7-,8-/m0/s1. The molecule has 0 aliphatic carbocycles. The number of hydrogen-bond acceptors (Lipinski definition) is 4. The average Bonchev–Trinajstić information content (AvgIpc) is 2.73. The smallest absolute Gasteiger partial charge is 0.408 e. The number of aliphatic carboxylic acids is 1. The Morgan fingerprint density at radius 3 is 2.74 bits per heavy atom. The third-order valence-corrected chi connectivity index (χ3v) is 3.40. The van der Waals surface area contributed by atoms with Crippen LogP contribution in [0.15, 0.2) is 22.8 Å². The van der Waals surface area contributed by atoms with Gasteiger partial charge in [0.05, 0.1) is 0 Å². The molecule has 2 heterocycles. The summed E-state index contributed by atoms with van der Waals surface area (Å²) in [6, 6.07) is 2.24. The number of aromatic nitrogens is 1. The van der Waals surface area contributed by atoms with E-state index in [1.165, 1.54) is 0 Å². The van der Waals surface area contributed by atoms with E-state index in [-0.39, 0.29) is 19.0 Å². The van der Waals surface area contributed by atoms with Gasteiger partial charge in [-0.25, -0.2) is 14.6 Å². The first-order chi connectivity index (χ1) is 8.97. The summed E-state index contributed by atoms with van der Waals surface area (Å²) in [7, 11) is 0. The molecule has 3 N–H and O–H groups in total. The van der Waals surface area contributed by atoms with Crippen molar-refractivity contribution in [2.45, 2.75) is 18.5 Å². The van der Waals surface area contributed by atoms with Crippen molar-refractivity contribution >= 4 is 33.8 Å². The van der Waals surface area contributed by atoms with Crippen molar-refractivity contribution in [3.8, 4) is 0 Å². The van der Waals surface area contributed by atoms with Crippen LogP contribution in [0.2, 0.25) is 0 Å². The highest BCUT2D eigenvalue weighted by Gasteiger charge is 2.39. The monoisotopic (exact) mass is 329 g/mol. The lowest BCUT2D eigenvalue weighted by Gasteiger charge is -2.16. The second-order valence-corrected chi connectivity index (χ2v) is 5.14. The number of nitrogens with zero attached hydrogens (tertiary/aromatic N) is 2. The summed E-state index contributed by atoms with van der Waals surface area (Å²) < 4.78 is 0.841. The van der Waals surface area contributed by atoms with Crippen LogP contribution in [0.25, 0.3) is 0 Å². The van der Waals surface area contributed by atoms with Crippen molar-refractivity contribution < 1.29 is 19.8 Å². The summed E-state index contributed by atoms with van der Waals surface area (Å²) >= 11 is 3.30. The van der Waals surface area contributed by atoms with Crippen LogP contribution in [-0.2, 0) is 4.79 Å². The second kappa shape index (κ2) is 5.43. The highest BCUT2D eigenvalue weighted by atomic mass is 79.9. The van der Waals surface area contributed by atoms with E-state index in [0.717, 1.165) is 9.37 Å². The molecule has 7 nitrogen and oxygen atoms in total. The molecule has 1 aliphatic rings. The molecule has 0 saturated carbocycles. The first-order valence-electron chi connectivity index (χ1n) is 5.58. The Bertz CT molecular complexity index is 488. The minimum Gasteiger partial charge on any atom is -0.480 e. The van der Waals surface area contributed by atoms with Gasteiger partial charge < -0.3 is 15.5 Å². The zero-order chi connectivity index (χ0) is 14.0. The van der Waals surface area contributed by atoms with E-state index in [2.05, 4.69) is 26.2 Å². The lowest BCUT2D eigenvalue weighted by Crippen LogP contribution is -2.39. The highest BCUT2D eigenvalue weighted by Crippen LogP contribution is 2.22. The number of anilines is 1. The molecule has 1 amide bonds. The molecule has 1 fully saturated rings. The Hall–Kier alpha value is -1.83. The zero-order valence-corrected chi connectivity index (χ0v) is 11.4. The third kappa shape index (κ3) is 3.14. The Balaban J connectivity index is 2.07. The summed E-state index contributed by atoms with van der Waals surface area (Å²) in [4.78, 5) is 27.0. The van der Waals surface area contributed by atoms with Crippen LogP contribution in [0.4, 0.5) is 10.6 Å². The van der Waals surface area contributed by atoms with Gasteiger partial charge in [0.2, 0.25) is 0 Å². The molecule has 0 aromatic carbocycles. The number of carboxylic acid groups (broad SMARTS) is 2. The molecule has 0 unspecified atom stereocenters. The summed E-state index contributed by atoms with van der Waals surface area (Å²) in [6.45, 7) is 0.125. The summed E-state index contributed by atoms with van der Waals surface area (Å²) in [5, 5.41) is 21.0. The van der Waals surface area contributed by atoms with Crippen molar-refractivity contribution in [1.29, 1.82) is 0 Å². The van der Waals surface area contributed by atoms with E-state index in [1.54, 1.807) is 18.3 Å². The maximum Gasteiger partial charge on any atom is 0.408 e. The minimum atomic E-state index is -1.22. The van der Waals surface area contributed by atoms with Crippen LogP contribution < -0.4 is 5.32 Å². The van der Waals surface area contributed by atoms with Gasteiger partial charge in [0.25, 0.3) is 0 Å². The Morgan fingerprint density at radius 1 is 1.47 bits per heavy atom. The van der Waals surface area contributed by atoms with E-state index in [0.29, 0.717) is 5.82 Å². The van der Waals surface area contributed by atoms with Gasteiger partial charge in [-0.2, -0.15) is 0 Å². The number of carbonyl (C=O) groups is 2. The SMILES string of the molecule is O=C(O)[C@@H]1C[C@H](Nc2cc(Br)ccn2)CN1C(=O)O. The van der Waals surface area contributed by atoms with Crippen molar-refractivity contribution in [2.75, 3.05) is 11.9 Å². The van der Waals surface area contributed by atoms with Crippen LogP contribution in [0, 0.1) is 0 Å². The van der Waals surface area contributed by atoms with Crippen molar-refractivity contribution in [3.63, 3.8) is 0 Å². The van der Waals surface area contributed by atoms with Gasteiger partial charge in [-0.05, 0) is 12.1 Å². The van der Waals surface area contributed by atoms with Crippen molar-refractivity contribution in [3.05, 3.63) is 22.8 Å². The molecule has 19 heavy (non-hydrogen) atoms. The largest absolute Gasteiger partial charge is 0.480 e. The predicted octanol–water partition coefficient (Wildman–Crippen LogP) is 1.46. The Labute approximate surface area is 117 Å². The summed E-state index contributed by atoms with van der Waals surface area (Å²) in [6.07, 6.45) is 0.597. The molecule has 0 spiro atoms. The van der Waals surface area contributed by atoms with Crippen LogP contribution in [0.1, 0.15) is 6.42 Å². The Morgan fingerprint density at radius 2 is 2.21 bits per heavy atom. The lowest BCUT2D eigenvalue weighted by molar-refractivity contribution is -0.141. The minimum absolute atomic E-state index is 0.125. The maximum absolute atomic E-state index is 11.0. The number of pyridine rings is 1. The van der Waals surface area contributed by atoms with Gasteiger partial charge in [0, 0.05) is 29.7 Å². The van der Waals surface area contributed by atoms with Crippen LogP contribution in [0.5, 0.6) is 0 Å². The summed E-state index contributed by atoms with van der Waals surface area (Å²) in [5.74, 6) is -0.551. The number of hydrogen-bond donors (Lipinski definition) is 3. The molecule has 2 rings (SSSR count). The van der Waals surface area contributed by atoms with Gasteiger partial charge in [-0.3, -0.25) is 4.90 Å². The zero-order valence-electron chi connectivity index (χ0n) is 9.78. The molecule has 1 aliphatic heterocycles. The van der Waals surface area contributed by atoms with E-state index >= 15 is 0 Å². The van der Waals surface area contributed by atoms with E-state index < -0.39 is 18.1 Å². The van der Waals surface area contributed by atoms with Gasteiger partial charge >= 0.3 is 12.1 Å². The fraction of sp³-hybridized carbons (Fsp3) is 0.364. The number of likely N-dealkylation sites (tertiary alicyclic amines) is 1. The predicted molar refractivity (Wildman–Crippen MR) is 70.1 cm³/mol. The van der Waals surface area contributed by atoms with E-state index in [1.807, 2.05) is 0 Å². The molecule has 0 radical (unpaired) electrons. The normalized spacial score (nSPS) is 22.3. The van der Waals surface area contributed by atoms with Gasteiger partial charge in [-0.15, -0.1) is 0 Å². The van der Waals surface area contributed by atoms with Gasteiger partial charge in [0.1, 0.15) is 11.9 Å². The lowest BCUT2D eigenvalue weighted by atomic mass is 10.2. The highest BCUT2D eigenvalue weighted by molar-refractivity contribution is 9.10. The van der Waals surface area contributed by atoms with E-state index in [9.17, 15) is 9.59 Å². The second-order valence-electron chi connectivity index (χ2n) is 4.23. The number of halogens is 1. The fourth-order valence-corrected chi connectivity index (χ4v) is 2.41.